The van der Waals surface area contributed by atoms with E-state index >= 15 is 0 Å². The number of nitrogens with zero attached hydrogens (tertiary/aromatic N) is 5. The van der Waals surface area contributed by atoms with Crippen LogP contribution in [0.3, 0.4) is 0 Å². The third-order valence-electron chi connectivity index (χ3n) is 3.94. The molecule has 0 atom stereocenters. The van der Waals surface area contributed by atoms with Crippen molar-refractivity contribution in [3.63, 3.8) is 0 Å². The van der Waals surface area contributed by atoms with E-state index in [1.807, 2.05) is 67.3 Å². The van der Waals surface area contributed by atoms with Crippen LogP contribution in [0.1, 0.15) is 0 Å². The first-order valence-corrected chi connectivity index (χ1v) is 7.48. The zero-order chi connectivity index (χ0) is 15.2. The highest BCUT2D eigenvalue weighted by atomic mass is 15.3. The third kappa shape index (κ3) is 2.23. The Labute approximate surface area is 133 Å². The first kappa shape index (κ1) is 12.3. The van der Waals surface area contributed by atoms with Crippen molar-refractivity contribution >= 4 is 17.1 Å². The number of fused-ring (bicyclic) bond motifs is 6. The Morgan fingerprint density at radius 1 is 0.652 bits per heavy atom. The normalized spacial score (nSPS) is 23.3. The second-order valence-corrected chi connectivity index (χ2v) is 5.68. The molecule has 0 aromatic carbocycles. The molecule has 0 saturated heterocycles. The molecule has 5 heterocycles. The van der Waals surface area contributed by atoms with Gasteiger partial charge in [0.15, 0.2) is 0 Å². The van der Waals surface area contributed by atoms with Crippen LogP contribution in [0, 0.1) is 0 Å². The Balaban J connectivity index is 1.62. The lowest BCUT2D eigenvalue weighted by Gasteiger charge is -2.15. The van der Waals surface area contributed by atoms with E-state index in [0.29, 0.717) is 0 Å². The molecule has 8 bridgehead atoms. The maximum atomic E-state index is 4.65. The maximum Gasteiger partial charge on any atom is 0.0979 e. The van der Waals surface area contributed by atoms with Crippen molar-refractivity contribution in [1.29, 1.82) is 0 Å². The number of aliphatic imine (C=N–C) groups is 3. The lowest BCUT2D eigenvalue weighted by Crippen LogP contribution is -2.17. The molecule has 0 amide bonds. The Morgan fingerprint density at radius 3 is 2.04 bits per heavy atom. The molecule has 0 N–H and O–H groups in total. The van der Waals surface area contributed by atoms with Gasteiger partial charge in [0.25, 0.3) is 0 Å². The van der Waals surface area contributed by atoms with Crippen molar-refractivity contribution in [1.82, 2.24) is 9.80 Å². The SMILES string of the molecule is C1=CC2=NC1=CN1C=CN(C=C3C=CC(=N3)C3=NC(=C2)C=C3)C1. The molecule has 5 heteroatoms. The third-order valence-corrected chi connectivity index (χ3v) is 3.94. The first-order chi connectivity index (χ1) is 11.3. The van der Waals surface area contributed by atoms with Crippen LogP contribution >= 0.6 is 0 Å². The van der Waals surface area contributed by atoms with Crippen molar-refractivity contribution < 1.29 is 0 Å². The highest BCUT2D eigenvalue weighted by Gasteiger charge is 2.16. The maximum absolute atomic E-state index is 4.65. The minimum Gasteiger partial charge on any atom is -0.332 e. The van der Waals surface area contributed by atoms with E-state index in [0.717, 1.165) is 40.9 Å². The molecular formula is C18H13N5. The van der Waals surface area contributed by atoms with E-state index in [1.165, 1.54) is 0 Å². The van der Waals surface area contributed by atoms with Crippen LogP contribution in [-0.4, -0.2) is 33.6 Å². The van der Waals surface area contributed by atoms with Gasteiger partial charge in [-0.3, -0.25) is 0 Å². The molecular weight excluding hydrogens is 286 g/mol. The van der Waals surface area contributed by atoms with Crippen LogP contribution in [0.4, 0.5) is 0 Å². The average Bonchev–Trinajstić information content (AvgIpc) is 3.28. The van der Waals surface area contributed by atoms with Crippen LogP contribution < -0.4 is 0 Å². The number of hydrogen-bond donors (Lipinski definition) is 0. The summed E-state index contributed by atoms with van der Waals surface area (Å²) < 4.78 is 0. The van der Waals surface area contributed by atoms with Gasteiger partial charge in [0.05, 0.1) is 40.9 Å². The van der Waals surface area contributed by atoms with Crippen LogP contribution in [0.15, 0.2) is 99.4 Å². The number of rotatable bonds is 0. The molecule has 5 aliphatic rings. The first-order valence-electron chi connectivity index (χ1n) is 7.48. The van der Waals surface area contributed by atoms with Gasteiger partial charge in [0.1, 0.15) is 0 Å². The van der Waals surface area contributed by atoms with E-state index in [-0.39, 0.29) is 0 Å². The van der Waals surface area contributed by atoms with E-state index in [9.17, 15) is 0 Å². The van der Waals surface area contributed by atoms with Crippen LogP contribution in [-0.2, 0) is 0 Å². The summed E-state index contributed by atoms with van der Waals surface area (Å²) in [5.41, 5.74) is 5.48. The van der Waals surface area contributed by atoms with E-state index in [2.05, 4.69) is 24.8 Å². The Hall–Kier alpha value is -3.21. The molecule has 5 nitrogen and oxygen atoms in total. The van der Waals surface area contributed by atoms with Gasteiger partial charge in [-0.25, -0.2) is 15.0 Å². The van der Waals surface area contributed by atoms with Gasteiger partial charge in [-0.1, -0.05) is 0 Å². The molecule has 0 unspecified atom stereocenters. The predicted molar refractivity (Wildman–Crippen MR) is 91.7 cm³/mol. The van der Waals surface area contributed by atoms with Crippen LogP contribution in [0.25, 0.3) is 0 Å². The molecule has 0 aromatic heterocycles. The monoisotopic (exact) mass is 299 g/mol. The minimum atomic E-state index is 0.756. The van der Waals surface area contributed by atoms with Crippen LogP contribution in [0.2, 0.25) is 0 Å². The second kappa shape index (κ2) is 4.64. The average molecular weight is 299 g/mol. The second-order valence-electron chi connectivity index (χ2n) is 5.68. The van der Waals surface area contributed by atoms with Crippen molar-refractivity contribution in [2.75, 3.05) is 6.67 Å². The predicted octanol–water partition coefficient (Wildman–Crippen LogP) is 2.65. The smallest absolute Gasteiger partial charge is 0.0979 e. The van der Waals surface area contributed by atoms with Gasteiger partial charge in [-0.15, -0.1) is 0 Å². The van der Waals surface area contributed by atoms with Gasteiger partial charge >= 0.3 is 0 Å². The van der Waals surface area contributed by atoms with E-state index in [1.54, 1.807) is 0 Å². The molecule has 0 spiro atoms. The quantitative estimate of drug-likeness (QED) is 0.690. The largest absolute Gasteiger partial charge is 0.332 e. The van der Waals surface area contributed by atoms with E-state index < -0.39 is 0 Å². The topological polar surface area (TPSA) is 43.6 Å². The van der Waals surface area contributed by atoms with Crippen molar-refractivity contribution in [3.8, 4) is 0 Å². The lowest BCUT2D eigenvalue weighted by atomic mass is 10.2. The molecule has 0 aliphatic carbocycles. The van der Waals surface area contributed by atoms with E-state index in [4.69, 9.17) is 0 Å². The van der Waals surface area contributed by atoms with Gasteiger partial charge in [-0.05, 0) is 42.5 Å². The summed E-state index contributed by atoms with van der Waals surface area (Å²) in [7, 11) is 0. The molecule has 110 valence electrons. The van der Waals surface area contributed by atoms with Crippen molar-refractivity contribution in [2.45, 2.75) is 0 Å². The Kier molecular flexibility index (Phi) is 2.49. The van der Waals surface area contributed by atoms with Crippen molar-refractivity contribution in [3.05, 3.63) is 84.4 Å². The highest BCUT2D eigenvalue weighted by Crippen LogP contribution is 2.21. The standard InChI is InChI=1S/C18H13N5/c1-2-15-10-22-7-8-23(12-22)11-16-4-6-18(21-16)17-5-3-14(20-17)9-13(1)19-15/h1-11H,12H2. The summed E-state index contributed by atoms with van der Waals surface area (Å²) in [6.45, 7) is 0.756. The van der Waals surface area contributed by atoms with Gasteiger partial charge in [0.2, 0.25) is 0 Å². The van der Waals surface area contributed by atoms with Crippen molar-refractivity contribution in [2.24, 2.45) is 15.0 Å². The van der Waals surface area contributed by atoms with Gasteiger partial charge in [-0.2, -0.15) is 0 Å². The fourth-order valence-electron chi connectivity index (χ4n) is 2.85. The van der Waals surface area contributed by atoms with Gasteiger partial charge in [0, 0.05) is 24.8 Å². The molecule has 0 saturated carbocycles. The molecule has 0 radical (unpaired) electrons. The number of allylic oxidation sites excluding steroid dienone is 7. The van der Waals surface area contributed by atoms with Gasteiger partial charge < -0.3 is 9.80 Å². The zero-order valence-electron chi connectivity index (χ0n) is 12.3. The molecule has 0 aromatic rings. The Bertz CT molecular complexity index is 900. The summed E-state index contributed by atoms with van der Waals surface area (Å²) in [6, 6.07) is 0. The molecule has 5 rings (SSSR count). The molecule has 5 aliphatic heterocycles. The molecule has 0 fully saturated rings. The zero-order valence-corrected chi connectivity index (χ0v) is 12.3. The fourth-order valence-corrected chi connectivity index (χ4v) is 2.85. The Morgan fingerprint density at radius 2 is 1.26 bits per heavy atom. The summed E-state index contributed by atoms with van der Waals surface area (Å²) >= 11 is 0. The lowest BCUT2D eigenvalue weighted by molar-refractivity contribution is 0.389. The number of hydrogen-bond acceptors (Lipinski definition) is 5. The summed E-state index contributed by atoms with van der Waals surface area (Å²) in [5, 5.41) is 0. The summed E-state index contributed by atoms with van der Waals surface area (Å²) in [6.07, 6.45) is 22.2. The fraction of sp³-hybridized carbons (Fsp3) is 0.0556. The highest BCUT2D eigenvalue weighted by molar-refractivity contribution is 6.52. The minimum absolute atomic E-state index is 0.756. The summed E-state index contributed by atoms with van der Waals surface area (Å²) in [4.78, 5) is 18.1. The molecule has 23 heavy (non-hydrogen) atoms. The summed E-state index contributed by atoms with van der Waals surface area (Å²) in [5.74, 6) is 0. The van der Waals surface area contributed by atoms with Crippen LogP contribution in [0.5, 0.6) is 0 Å².